The molecule has 8 heteroatoms. The molecule has 0 unspecified atom stereocenters. The van der Waals surface area contributed by atoms with E-state index in [1.165, 1.54) is 12.1 Å². The molecule has 1 aromatic heterocycles. The Kier molecular flexibility index (Phi) is 5.73. The molecule has 2 aliphatic rings. The van der Waals surface area contributed by atoms with E-state index in [1.54, 1.807) is 12.1 Å². The number of aryl methyl sites for hydroxylation is 1. The lowest BCUT2D eigenvalue weighted by Crippen LogP contribution is -2.52. The van der Waals surface area contributed by atoms with Crippen LogP contribution in [0.5, 0.6) is 0 Å². The van der Waals surface area contributed by atoms with Gasteiger partial charge in [-0.15, -0.1) is 0 Å². The number of hydrogen-bond acceptors (Lipinski definition) is 7. The largest absolute Gasteiger partial charge is 0.391 e. The van der Waals surface area contributed by atoms with Crippen LogP contribution >= 0.6 is 0 Å². The van der Waals surface area contributed by atoms with Gasteiger partial charge in [0, 0.05) is 61.7 Å². The third kappa shape index (κ3) is 4.23. The SMILES string of the molecule is CCc1cc(N2CCN([C@@H]3CCC[C@@H]3O)CC2)nc(-c2ccc([N+](=O)[O-])cc2)n1. The monoisotopic (exact) mass is 397 g/mol. The van der Waals surface area contributed by atoms with Crippen LogP contribution in [0.25, 0.3) is 11.4 Å². The second-order valence-corrected chi connectivity index (χ2v) is 7.79. The summed E-state index contributed by atoms with van der Waals surface area (Å²) in [5.74, 6) is 1.50. The van der Waals surface area contributed by atoms with E-state index < -0.39 is 4.92 Å². The lowest BCUT2D eigenvalue weighted by Gasteiger charge is -2.39. The first kappa shape index (κ1) is 19.7. The fourth-order valence-electron chi connectivity index (χ4n) is 4.32. The number of benzene rings is 1. The average Bonchev–Trinajstić information content (AvgIpc) is 3.19. The van der Waals surface area contributed by atoms with Crippen molar-refractivity contribution in [3.8, 4) is 11.4 Å². The summed E-state index contributed by atoms with van der Waals surface area (Å²) in [7, 11) is 0. The van der Waals surface area contributed by atoms with Gasteiger partial charge in [0.1, 0.15) is 5.82 Å². The smallest absolute Gasteiger partial charge is 0.269 e. The minimum Gasteiger partial charge on any atom is -0.391 e. The van der Waals surface area contributed by atoms with Crippen LogP contribution in [0.2, 0.25) is 0 Å². The van der Waals surface area contributed by atoms with Crippen molar-refractivity contribution in [3.63, 3.8) is 0 Å². The van der Waals surface area contributed by atoms with Crippen LogP contribution in [0.4, 0.5) is 11.5 Å². The minimum atomic E-state index is -0.403. The Hall–Kier alpha value is -2.58. The van der Waals surface area contributed by atoms with E-state index >= 15 is 0 Å². The van der Waals surface area contributed by atoms with Crippen LogP contribution < -0.4 is 4.90 Å². The molecule has 8 nitrogen and oxygen atoms in total. The van der Waals surface area contributed by atoms with E-state index in [0.29, 0.717) is 11.9 Å². The molecule has 1 N–H and O–H groups in total. The van der Waals surface area contributed by atoms with Crippen molar-refractivity contribution >= 4 is 11.5 Å². The van der Waals surface area contributed by atoms with Gasteiger partial charge in [-0.3, -0.25) is 15.0 Å². The number of piperazine rings is 1. The summed E-state index contributed by atoms with van der Waals surface area (Å²) >= 11 is 0. The van der Waals surface area contributed by atoms with Gasteiger partial charge in [0.15, 0.2) is 5.82 Å². The maximum absolute atomic E-state index is 10.9. The second-order valence-electron chi connectivity index (χ2n) is 7.79. The molecular formula is C21H27N5O3. The van der Waals surface area contributed by atoms with Crippen LogP contribution in [0.1, 0.15) is 31.9 Å². The molecule has 1 aromatic carbocycles. The first-order chi connectivity index (χ1) is 14.0. The number of nitrogens with zero attached hydrogens (tertiary/aromatic N) is 5. The fourth-order valence-corrected chi connectivity index (χ4v) is 4.32. The van der Waals surface area contributed by atoms with E-state index in [4.69, 9.17) is 4.98 Å². The second kappa shape index (κ2) is 8.42. The molecule has 2 aromatic rings. The first-order valence-corrected chi connectivity index (χ1v) is 10.3. The van der Waals surface area contributed by atoms with Gasteiger partial charge >= 0.3 is 0 Å². The highest BCUT2D eigenvalue weighted by molar-refractivity contribution is 5.60. The molecule has 0 radical (unpaired) electrons. The highest BCUT2D eigenvalue weighted by Crippen LogP contribution is 2.27. The van der Waals surface area contributed by atoms with E-state index in [2.05, 4.69) is 21.7 Å². The lowest BCUT2D eigenvalue weighted by molar-refractivity contribution is -0.384. The number of nitro benzene ring substituents is 1. The van der Waals surface area contributed by atoms with Gasteiger partial charge < -0.3 is 10.0 Å². The Balaban J connectivity index is 1.52. The summed E-state index contributed by atoms with van der Waals surface area (Å²) in [4.78, 5) is 24.6. The van der Waals surface area contributed by atoms with Crippen LogP contribution in [-0.2, 0) is 6.42 Å². The highest BCUT2D eigenvalue weighted by Gasteiger charge is 2.32. The highest BCUT2D eigenvalue weighted by atomic mass is 16.6. The number of aromatic nitrogens is 2. The number of aliphatic hydroxyl groups excluding tert-OH is 1. The van der Waals surface area contributed by atoms with Gasteiger partial charge in [-0.25, -0.2) is 9.97 Å². The van der Waals surface area contributed by atoms with Crippen molar-refractivity contribution in [1.82, 2.24) is 14.9 Å². The van der Waals surface area contributed by atoms with Crippen molar-refractivity contribution in [2.45, 2.75) is 44.8 Å². The third-order valence-electron chi connectivity index (χ3n) is 6.02. The van der Waals surface area contributed by atoms with Gasteiger partial charge in [0.25, 0.3) is 5.69 Å². The topological polar surface area (TPSA) is 95.6 Å². The van der Waals surface area contributed by atoms with Crippen molar-refractivity contribution in [2.24, 2.45) is 0 Å². The van der Waals surface area contributed by atoms with E-state index in [-0.39, 0.29) is 11.8 Å². The number of aliphatic hydroxyl groups is 1. The number of non-ortho nitro benzene ring substituents is 1. The summed E-state index contributed by atoms with van der Waals surface area (Å²) in [6, 6.07) is 8.72. The van der Waals surface area contributed by atoms with E-state index in [9.17, 15) is 15.2 Å². The standard InChI is InChI=1S/C21H27N5O3/c1-2-16-14-20(23-21(22-16)15-6-8-17(9-7-15)26(28)29)25-12-10-24(11-13-25)18-4-3-5-19(18)27/h6-9,14,18-19,27H,2-5,10-13H2,1H3/t18-,19+/m1/s1. The average molecular weight is 397 g/mol. The van der Waals surface area contributed by atoms with Crippen LogP contribution in [0.3, 0.4) is 0 Å². The number of nitro groups is 1. The molecule has 0 spiro atoms. The predicted molar refractivity (Wildman–Crippen MR) is 111 cm³/mol. The minimum absolute atomic E-state index is 0.0610. The fraction of sp³-hybridized carbons (Fsp3) is 0.524. The summed E-state index contributed by atoms with van der Waals surface area (Å²) in [6.07, 6.45) is 3.70. The summed E-state index contributed by atoms with van der Waals surface area (Å²) in [6.45, 7) is 5.62. The molecule has 4 rings (SSSR count). The molecule has 29 heavy (non-hydrogen) atoms. The Labute approximate surface area is 170 Å². The molecular weight excluding hydrogens is 370 g/mol. The normalized spacial score (nSPS) is 22.8. The van der Waals surface area contributed by atoms with E-state index in [1.807, 2.05) is 6.07 Å². The van der Waals surface area contributed by atoms with Gasteiger partial charge in [-0.2, -0.15) is 0 Å². The maximum Gasteiger partial charge on any atom is 0.269 e. The quantitative estimate of drug-likeness (QED) is 0.612. The zero-order chi connectivity index (χ0) is 20.4. The molecule has 154 valence electrons. The number of rotatable bonds is 5. The molecule has 1 aliphatic heterocycles. The molecule has 1 saturated carbocycles. The van der Waals surface area contributed by atoms with Crippen LogP contribution in [0.15, 0.2) is 30.3 Å². The van der Waals surface area contributed by atoms with Gasteiger partial charge in [0.2, 0.25) is 0 Å². The van der Waals surface area contributed by atoms with E-state index in [0.717, 1.165) is 68.9 Å². The Morgan fingerprint density at radius 1 is 1.14 bits per heavy atom. The maximum atomic E-state index is 10.9. The summed E-state index contributed by atoms with van der Waals surface area (Å²) in [5.41, 5.74) is 1.79. The predicted octanol–water partition coefficient (Wildman–Crippen LogP) is 2.65. The van der Waals surface area contributed by atoms with Gasteiger partial charge in [0.05, 0.1) is 11.0 Å². The molecule has 0 bridgehead atoms. The third-order valence-corrected chi connectivity index (χ3v) is 6.02. The number of hydrogen-bond donors (Lipinski definition) is 1. The van der Waals surface area contributed by atoms with Gasteiger partial charge in [-0.05, 0) is 37.8 Å². The van der Waals surface area contributed by atoms with Crippen molar-refractivity contribution < 1.29 is 10.0 Å². The summed E-state index contributed by atoms with van der Waals surface area (Å²) in [5, 5.41) is 21.1. The van der Waals surface area contributed by atoms with Gasteiger partial charge in [-0.1, -0.05) is 6.92 Å². The van der Waals surface area contributed by atoms with Crippen molar-refractivity contribution in [3.05, 3.63) is 46.1 Å². The lowest BCUT2D eigenvalue weighted by atomic mass is 10.1. The van der Waals surface area contributed by atoms with Crippen LogP contribution in [-0.4, -0.2) is 63.2 Å². The Morgan fingerprint density at radius 2 is 1.86 bits per heavy atom. The summed E-state index contributed by atoms with van der Waals surface area (Å²) < 4.78 is 0. The van der Waals surface area contributed by atoms with Crippen molar-refractivity contribution in [1.29, 1.82) is 0 Å². The molecule has 2 heterocycles. The molecule has 0 amide bonds. The zero-order valence-electron chi connectivity index (χ0n) is 16.7. The zero-order valence-corrected chi connectivity index (χ0v) is 16.7. The van der Waals surface area contributed by atoms with Crippen LogP contribution in [0, 0.1) is 10.1 Å². The molecule has 1 saturated heterocycles. The number of anilines is 1. The Bertz CT molecular complexity index is 865. The van der Waals surface area contributed by atoms with Crippen molar-refractivity contribution in [2.75, 3.05) is 31.1 Å². The molecule has 1 aliphatic carbocycles. The Morgan fingerprint density at radius 3 is 2.45 bits per heavy atom. The molecule has 2 atom stereocenters. The first-order valence-electron chi connectivity index (χ1n) is 10.3. The molecule has 2 fully saturated rings.